The van der Waals surface area contributed by atoms with Crippen molar-refractivity contribution >= 4 is 34.7 Å². The summed E-state index contributed by atoms with van der Waals surface area (Å²) in [7, 11) is 1.82. The molecule has 1 aliphatic heterocycles. The van der Waals surface area contributed by atoms with Crippen molar-refractivity contribution in [1.82, 2.24) is 14.3 Å². The molecule has 0 unspecified atom stereocenters. The van der Waals surface area contributed by atoms with Crippen LogP contribution in [0.4, 0.5) is 0 Å². The van der Waals surface area contributed by atoms with E-state index in [4.69, 9.17) is 4.74 Å². The molecule has 4 rings (SSSR count). The van der Waals surface area contributed by atoms with Crippen LogP contribution in [0.2, 0.25) is 0 Å². The first-order valence-electron chi connectivity index (χ1n) is 8.71. The molecule has 0 saturated carbocycles. The third-order valence-corrected chi connectivity index (χ3v) is 6.26. The van der Waals surface area contributed by atoms with Gasteiger partial charge in [0.2, 0.25) is 0 Å². The smallest absolute Gasteiger partial charge is 0.338 e. The quantitative estimate of drug-likeness (QED) is 0.608. The number of carbonyl (C=O) groups is 1. The number of nitrogens with zero attached hydrogens (tertiary/aromatic N) is 4. The van der Waals surface area contributed by atoms with E-state index in [2.05, 4.69) is 10.1 Å². The molecule has 0 spiro atoms. The number of fused-ring (bicyclic) bond motifs is 1. The van der Waals surface area contributed by atoms with Crippen molar-refractivity contribution in [3.8, 4) is 0 Å². The highest BCUT2D eigenvalue weighted by Crippen LogP contribution is 2.33. The van der Waals surface area contributed by atoms with Gasteiger partial charge in [0.25, 0.3) is 5.56 Å². The summed E-state index contributed by atoms with van der Waals surface area (Å²) < 4.78 is 9.08. The van der Waals surface area contributed by atoms with E-state index in [1.807, 2.05) is 30.8 Å². The summed E-state index contributed by atoms with van der Waals surface area (Å²) in [6.07, 6.45) is 5.33. The first-order chi connectivity index (χ1) is 13.5. The summed E-state index contributed by atoms with van der Waals surface area (Å²) in [4.78, 5) is 31.9. The molecule has 7 nitrogen and oxygen atoms in total. The summed E-state index contributed by atoms with van der Waals surface area (Å²) in [6.45, 7) is 3.81. The van der Waals surface area contributed by atoms with Crippen LogP contribution in [0.5, 0.6) is 0 Å². The zero-order valence-electron chi connectivity index (χ0n) is 15.6. The minimum absolute atomic E-state index is 0.180. The molecule has 0 amide bonds. The van der Waals surface area contributed by atoms with E-state index in [9.17, 15) is 9.59 Å². The van der Waals surface area contributed by atoms with Gasteiger partial charge in [-0.25, -0.2) is 9.79 Å². The van der Waals surface area contributed by atoms with Gasteiger partial charge in [0.1, 0.15) is 6.04 Å². The number of allylic oxidation sites excluding steroid dienone is 1. The number of thiazole rings is 1. The number of hydrogen-bond acceptors (Lipinski definition) is 7. The van der Waals surface area contributed by atoms with E-state index in [0.717, 1.165) is 10.4 Å². The lowest BCUT2D eigenvalue weighted by Gasteiger charge is -2.23. The van der Waals surface area contributed by atoms with Gasteiger partial charge in [-0.1, -0.05) is 17.4 Å². The number of esters is 1. The van der Waals surface area contributed by atoms with Crippen molar-refractivity contribution in [3.63, 3.8) is 0 Å². The number of thiophene rings is 1. The Labute approximate surface area is 168 Å². The zero-order chi connectivity index (χ0) is 19.8. The Kier molecular flexibility index (Phi) is 4.86. The molecule has 144 valence electrons. The lowest BCUT2D eigenvalue weighted by atomic mass is 10.0. The Hall–Kier alpha value is -2.78. The maximum Gasteiger partial charge on any atom is 0.338 e. The van der Waals surface area contributed by atoms with Gasteiger partial charge in [-0.05, 0) is 31.4 Å². The molecular formula is C19H18N4O3S2. The van der Waals surface area contributed by atoms with E-state index in [0.29, 0.717) is 20.6 Å². The second kappa shape index (κ2) is 7.33. The van der Waals surface area contributed by atoms with E-state index in [1.54, 1.807) is 35.4 Å². The number of aromatic nitrogens is 3. The molecule has 9 heteroatoms. The number of aryl methyl sites for hydroxylation is 1. The van der Waals surface area contributed by atoms with Crippen LogP contribution in [0, 0.1) is 0 Å². The van der Waals surface area contributed by atoms with Gasteiger partial charge in [-0.2, -0.15) is 5.10 Å². The molecule has 0 radical (unpaired) electrons. The Morgan fingerprint density at radius 3 is 2.89 bits per heavy atom. The maximum atomic E-state index is 13.2. The molecule has 28 heavy (non-hydrogen) atoms. The van der Waals surface area contributed by atoms with Crippen LogP contribution >= 0.6 is 22.7 Å². The summed E-state index contributed by atoms with van der Waals surface area (Å²) in [6, 6.07) is 3.29. The molecule has 3 aromatic rings. The topological polar surface area (TPSA) is 78.5 Å². The summed E-state index contributed by atoms with van der Waals surface area (Å²) >= 11 is 2.80. The molecule has 0 fully saturated rings. The summed E-state index contributed by atoms with van der Waals surface area (Å²) in [5.41, 5.74) is 1.64. The van der Waals surface area contributed by atoms with Gasteiger partial charge in [0, 0.05) is 23.7 Å². The number of carbonyl (C=O) groups excluding carboxylic acids is 1. The van der Waals surface area contributed by atoms with Crippen molar-refractivity contribution < 1.29 is 9.53 Å². The average molecular weight is 415 g/mol. The van der Waals surface area contributed by atoms with Gasteiger partial charge in [-0.15, -0.1) is 11.3 Å². The van der Waals surface area contributed by atoms with Gasteiger partial charge in [0.05, 0.1) is 28.6 Å². The molecule has 0 bridgehead atoms. The second-order valence-corrected chi connectivity index (χ2v) is 8.25. The van der Waals surface area contributed by atoms with Crippen molar-refractivity contribution in [2.45, 2.75) is 19.9 Å². The lowest BCUT2D eigenvalue weighted by molar-refractivity contribution is -0.139. The molecule has 0 N–H and O–H groups in total. The fourth-order valence-corrected chi connectivity index (χ4v) is 5.04. The normalized spacial score (nSPS) is 16.8. The fourth-order valence-electron chi connectivity index (χ4n) is 3.17. The third kappa shape index (κ3) is 3.16. The highest BCUT2D eigenvalue weighted by atomic mass is 32.1. The van der Waals surface area contributed by atoms with Crippen LogP contribution in [0.15, 0.2) is 51.0 Å². The van der Waals surface area contributed by atoms with Gasteiger partial charge >= 0.3 is 5.97 Å². The predicted octanol–water partition coefficient (Wildman–Crippen LogP) is 1.59. The first kappa shape index (κ1) is 18.6. The summed E-state index contributed by atoms with van der Waals surface area (Å²) in [5, 5.41) is 6.07. The number of hydrogen-bond donors (Lipinski definition) is 0. The van der Waals surface area contributed by atoms with Crippen molar-refractivity contribution in [3.05, 3.63) is 71.3 Å². The van der Waals surface area contributed by atoms with Crippen LogP contribution in [-0.4, -0.2) is 26.9 Å². The molecule has 3 aromatic heterocycles. The monoisotopic (exact) mass is 414 g/mol. The summed E-state index contributed by atoms with van der Waals surface area (Å²) in [5.74, 6) is -0.441. The third-order valence-electron chi connectivity index (χ3n) is 4.35. The zero-order valence-corrected chi connectivity index (χ0v) is 17.2. The van der Waals surface area contributed by atoms with Crippen LogP contribution in [0.1, 0.15) is 30.3 Å². The minimum Gasteiger partial charge on any atom is -0.463 e. The molecule has 1 aliphatic rings. The minimum atomic E-state index is -0.536. The standard InChI is InChI=1S/C19H18N4O3S2/c1-4-26-18(25)15-11(2)21-19-23(16(15)13-6-5-7-27-13)17(24)14(28-19)8-12-9-20-22(3)10-12/h5-10,16H,4H2,1-3H3/b14-8+/t16-/m0/s1. The van der Waals surface area contributed by atoms with Crippen molar-refractivity contribution in [2.24, 2.45) is 12.0 Å². The molecular weight excluding hydrogens is 396 g/mol. The van der Waals surface area contributed by atoms with Crippen LogP contribution < -0.4 is 14.9 Å². The Morgan fingerprint density at radius 2 is 2.25 bits per heavy atom. The van der Waals surface area contributed by atoms with Crippen molar-refractivity contribution in [1.29, 1.82) is 0 Å². The Bertz CT molecular complexity index is 1250. The van der Waals surface area contributed by atoms with Crippen LogP contribution in [-0.2, 0) is 16.6 Å². The SMILES string of the molecule is CCOC(=O)C1=C(C)N=c2s/c(=C/c3cnn(C)c3)c(=O)n2[C@H]1c1cccs1. The largest absolute Gasteiger partial charge is 0.463 e. The highest BCUT2D eigenvalue weighted by molar-refractivity contribution is 7.10. The second-order valence-electron chi connectivity index (χ2n) is 6.27. The van der Waals surface area contributed by atoms with E-state index >= 15 is 0 Å². The molecule has 0 aliphatic carbocycles. The Balaban J connectivity index is 1.95. The Morgan fingerprint density at radius 1 is 1.43 bits per heavy atom. The molecule has 4 heterocycles. The van der Waals surface area contributed by atoms with Crippen LogP contribution in [0.25, 0.3) is 6.08 Å². The number of ether oxygens (including phenoxy) is 1. The van der Waals surface area contributed by atoms with Gasteiger partial charge < -0.3 is 4.74 Å². The fraction of sp³-hybridized carbons (Fsp3) is 0.263. The lowest BCUT2D eigenvalue weighted by Crippen LogP contribution is -2.39. The molecule has 1 atom stereocenters. The van der Waals surface area contributed by atoms with E-state index in [1.165, 1.54) is 22.7 Å². The van der Waals surface area contributed by atoms with E-state index in [-0.39, 0.29) is 12.2 Å². The van der Waals surface area contributed by atoms with E-state index < -0.39 is 12.0 Å². The van der Waals surface area contributed by atoms with Gasteiger partial charge in [-0.3, -0.25) is 14.0 Å². The van der Waals surface area contributed by atoms with Crippen molar-refractivity contribution in [2.75, 3.05) is 6.61 Å². The first-order valence-corrected chi connectivity index (χ1v) is 10.4. The average Bonchev–Trinajstić information content (AvgIpc) is 3.37. The molecule has 0 saturated heterocycles. The van der Waals surface area contributed by atoms with Gasteiger partial charge in [0.15, 0.2) is 4.80 Å². The maximum absolute atomic E-state index is 13.2. The number of rotatable bonds is 4. The highest BCUT2D eigenvalue weighted by Gasteiger charge is 2.33. The predicted molar refractivity (Wildman–Crippen MR) is 108 cm³/mol. The van der Waals surface area contributed by atoms with Crippen LogP contribution in [0.3, 0.4) is 0 Å². The molecule has 0 aromatic carbocycles.